The normalized spacial score (nSPS) is 10.5. The van der Waals surface area contributed by atoms with E-state index in [-0.39, 0.29) is 0 Å². The molecule has 0 unspecified atom stereocenters. The molecule has 0 saturated heterocycles. The van der Waals surface area contributed by atoms with E-state index < -0.39 is 11.8 Å². The summed E-state index contributed by atoms with van der Waals surface area (Å²) in [5.41, 5.74) is 3.97. The highest BCUT2D eigenvalue weighted by molar-refractivity contribution is 5.75. The minimum absolute atomic E-state index is 0.303. The zero-order chi connectivity index (χ0) is 12.4. The van der Waals surface area contributed by atoms with Crippen molar-refractivity contribution in [2.75, 3.05) is 0 Å². The largest absolute Gasteiger partial charge is 0.419 e. The maximum atomic E-state index is 11.3. The summed E-state index contributed by atoms with van der Waals surface area (Å²) < 4.78 is 6.44. The molecule has 0 atom stereocenters. The first-order chi connectivity index (χ1) is 8.11. The molecule has 2 amide bonds. The van der Waals surface area contributed by atoms with Crippen LogP contribution in [0.5, 0.6) is 0 Å². The minimum atomic E-state index is -0.473. The van der Waals surface area contributed by atoms with Crippen LogP contribution in [-0.4, -0.2) is 10.6 Å². The van der Waals surface area contributed by atoms with Crippen LogP contribution in [0.1, 0.15) is 5.56 Å². The lowest BCUT2D eigenvalue weighted by Crippen LogP contribution is -2.39. The Bertz CT molecular complexity index is 614. The van der Waals surface area contributed by atoms with Gasteiger partial charge in [-0.05, 0) is 17.7 Å². The van der Waals surface area contributed by atoms with Crippen LogP contribution in [0.3, 0.4) is 0 Å². The molecule has 1 aromatic carbocycles. The van der Waals surface area contributed by atoms with Crippen molar-refractivity contribution in [3.05, 3.63) is 34.3 Å². The number of nitrogens with two attached hydrogens (primary N) is 1. The smallest absolute Gasteiger partial charge is 0.408 e. The second kappa shape index (κ2) is 4.30. The number of carbonyl (C=O) groups is 1. The van der Waals surface area contributed by atoms with Gasteiger partial charge in [0, 0.05) is 13.6 Å². The van der Waals surface area contributed by atoms with Crippen molar-refractivity contribution in [1.29, 1.82) is 0 Å². The Labute approximate surface area is 96.2 Å². The van der Waals surface area contributed by atoms with E-state index in [0.717, 1.165) is 5.56 Å². The van der Waals surface area contributed by atoms with Crippen LogP contribution >= 0.6 is 0 Å². The number of aromatic nitrogens is 1. The molecular weight excluding hydrogens is 224 g/mol. The number of benzene rings is 1. The molecule has 0 spiro atoms. The van der Waals surface area contributed by atoms with Gasteiger partial charge >= 0.3 is 11.8 Å². The number of oxazole rings is 1. The highest BCUT2D eigenvalue weighted by atomic mass is 16.4. The van der Waals surface area contributed by atoms with E-state index in [9.17, 15) is 9.59 Å². The van der Waals surface area contributed by atoms with Gasteiger partial charge in [0.2, 0.25) is 0 Å². The molecule has 7 nitrogen and oxygen atoms in total. The molecule has 7 heteroatoms. The first-order valence-corrected chi connectivity index (χ1v) is 4.94. The highest BCUT2D eigenvalue weighted by Gasteiger charge is 2.06. The molecule has 2 aromatic rings. The van der Waals surface area contributed by atoms with Gasteiger partial charge in [-0.25, -0.2) is 15.4 Å². The molecule has 17 heavy (non-hydrogen) atoms. The standard InChI is InChI=1S/C10H12N4O3/c1-14-7-3-2-6(5-12-9(15)13-11)4-8(7)17-10(14)16/h2-4H,5,11H2,1H3,(H2,12,13,15). The van der Waals surface area contributed by atoms with Crippen molar-refractivity contribution in [2.45, 2.75) is 6.54 Å². The van der Waals surface area contributed by atoms with Gasteiger partial charge in [-0.15, -0.1) is 0 Å². The number of nitrogens with zero attached hydrogens (tertiary/aromatic N) is 1. The van der Waals surface area contributed by atoms with Crippen LogP contribution in [0.4, 0.5) is 4.79 Å². The Morgan fingerprint density at radius 2 is 2.29 bits per heavy atom. The van der Waals surface area contributed by atoms with Crippen molar-refractivity contribution >= 4 is 17.1 Å². The summed E-state index contributed by atoms with van der Waals surface area (Å²) in [5.74, 6) is 4.51. The molecule has 0 bridgehead atoms. The SMILES string of the molecule is Cn1c(=O)oc2cc(CNC(=O)NN)ccc21. The zero-order valence-corrected chi connectivity index (χ0v) is 9.19. The van der Waals surface area contributed by atoms with Crippen LogP contribution in [0.15, 0.2) is 27.4 Å². The predicted molar refractivity (Wildman–Crippen MR) is 61.0 cm³/mol. The van der Waals surface area contributed by atoms with E-state index in [0.29, 0.717) is 17.6 Å². The maximum Gasteiger partial charge on any atom is 0.419 e. The summed E-state index contributed by atoms with van der Waals surface area (Å²) in [6.45, 7) is 0.303. The molecule has 4 N–H and O–H groups in total. The summed E-state index contributed by atoms with van der Waals surface area (Å²) in [7, 11) is 1.63. The lowest BCUT2D eigenvalue weighted by atomic mass is 10.2. The molecule has 0 saturated carbocycles. The Balaban J connectivity index is 2.26. The van der Waals surface area contributed by atoms with Crippen LogP contribution in [0.25, 0.3) is 11.1 Å². The fourth-order valence-corrected chi connectivity index (χ4v) is 1.52. The van der Waals surface area contributed by atoms with E-state index in [4.69, 9.17) is 10.3 Å². The second-order valence-corrected chi connectivity index (χ2v) is 3.56. The highest BCUT2D eigenvalue weighted by Crippen LogP contribution is 2.13. The van der Waals surface area contributed by atoms with E-state index >= 15 is 0 Å². The molecule has 1 heterocycles. The number of aryl methyl sites for hydroxylation is 1. The van der Waals surface area contributed by atoms with Crippen molar-refractivity contribution in [3.63, 3.8) is 0 Å². The lowest BCUT2D eigenvalue weighted by molar-refractivity contribution is 0.241. The minimum Gasteiger partial charge on any atom is -0.408 e. The summed E-state index contributed by atoms with van der Waals surface area (Å²) in [5, 5.41) is 2.53. The average Bonchev–Trinajstić information content (AvgIpc) is 2.62. The van der Waals surface area contributed by atoms with Gasteiger partial charge < -0.3 is 9.73 Å². The van der Waals surface area contributed by atoms with Crippen LogP contribution in [0, 0.1) is 0 Å². The molecule has 0 aliphatic carbocycles. The Kier molecular flexibility index (Phi) is 2.84. The Morgan fingerprint density at radius 3 is 3.00 bits per heavy atom. The lowest BCUT2D eigenvalue weighted by Gasteiger charge is -2.03. The third-order valence-corrected chi connectivity index (χ3v) is 2.44. The Morgan fingerprint density at radius 1 is 1.53 bits per heavy atom. The fraction of sp³-hybridized carbons (Fsp3) is 0.200. The number of fused-ring (bicyclic) bond motifs is 1. The number of carbonyl (C=O) groups excluding carboxylic acids is 1. The number of hydrogen-bond donors (Lipinski definition) is 3. The van der Waals surface area contributed by atoms with E-state index in [1.54, 1.807) is 25.2 Å². The molecular formula is C10H12N4O3. The molecule has 0 aliphatic rings. The fourth-order valence-electron chi connectivity index (χ4n) is 1.52. The van der Waals surface area contributed by atoms with Gasteiger partial charge in [0.15, 0.2) is 5.58 Å². The molecule has 0 fully saturated rings. The van der Waals surface area contributed by atoms with Crippen LogP contribution < -0.4 is 22.3 Å². The summed E-state index contributed by atoms with van der Waals surface area (Å²) in [6, 6.07) is 4.79. The first kappa shape index (κ1) is 11.2. The maximum absolute atomic E-state index is 11.3. The van der Waals surface area contributed by atoms with Gasteiger partial charge in [0.1, 0.15) is 0 Å². The van der Waals surface area contributed by atoms with E-state index in [2.05, 4.69) is 5.32 Å². The van der Waals surface area contributed by atoms with Crippen molar-refractivity contribution in [3.8, 4) is 0 Å². The quantitative estimate of drug-likeness (QED) is 0.382. The Hall–Kier alpha value is -2.28. The third kappa shape index (κ3) is 2.13. The van der Waals surface area contributed by atoms with Crippen molar-refractivity contribution < 1.29 is 9.21 Å². The number of hydrazine groups is 1. The molecule has 0 aliphatic heterocycles. The van der Waals surface area contributed by atoms with Gasteiger partial charge in [-0.3, -0.25) is 9.99 Å². The van der Waals surface area contributed by atoms with Gasteiger partial charge in [0.05, 0.1) is 5.52 Å². The molecule has 90 valence electrons. The molecule has 2 rings (SSSR count). The average molecular weight is 236 g/mol. The van der Waals surface area contributed by atoms with E-state index in [1.165, 1.54) is 4.57 Å². The van der Waals surface area contributed by atoms with Gasteiger partial charge in [-0.1, -0.05) is 6.07 Å². The second-order valence-electron chi connectivity index (χ2n) is 3.56. The topological polar surface area (TPSA) is 102 Å². The van der Waals surface area contributed by atoms with E-state index in [1.807, 2.05) is 5.43 Å². The summed E-state index contributed by atoms with van der Waals surface area (Å²) in [6.07, 6.45) is 0. The molecule has 1 aromatic heterocycles. The monoisotopic (exact) mass is 236 g/mol. The third-order valence-electron chi connectivity index (χ3n) is 2.44. The number of amides is 2. The summed E-state index contributed by atoms with van der Waals surface area (Å²) in [4.78, 5) is 22.1. The van der Waals surface area contributed by atoms with Gasteiger partial charge in [-0.2, -0.15) is 0 Å². The van der Waals surface area contributed by atoms with Crippen LogP contribution in [-0.2, 0) is 13.6 Å². The van der Waals surface area contributed by atoms with Crippen molar-refractivity contribution in [2.24, 2.45) is 12.9 Å². The van der Waals surface area contributed by atoms with Crippen LogP contribution in [0.2, 0.25) is 0 Å². The predicted octanol–water partition coefficient (Wildman–Crippen LogP) is -0.196. The number of nitrogens with one attached hydrogen (secondary N) is 2. The molecule has 0 radical (unpaired) electrons. The van der Waals surface area contributed by atoms with Gasteiger partial charge in [0.25, 0.3) is 0 Å². The number of rotatable bonds is 2. The number of hydrogen-bond acceptors (Lipinski definition) is 4. The summed E-state index contributed by atoms with van der Waals surface area (Å²) >= 11 is 0. The first-order valence-electron chi connectivity index (χ1n) is 4.94. The number of urea groups is 1. The zero-order valence-electron chi connectivity index (χ0n) is 9.19. The van der Waals surface area contributed by atoms with Crippen molar-refractivity contribution in [1.82, 2.24) is 15.3 Å².